The second-order valence-corrected chi connectivity index (χ2v) is 6.56. The molecule has 0 heterocycles. The van der Waals surface area contributed by atoms with E-state index in [1.165, 1.54) is 0 Å². The molecule has 0 aromatic heterocycles. The molecule has 2 aliphatic rings. The van der Waals surface area contributed by atoms with Crippen LogP contribution in [0.5, 0.6) is 0 Å². The van der Waals surface area contributed by atoms with Crippen LogP contribution in [0.25, 0.3) is 0 Å². The third kappa shape index (κ3) is 1.47. The average Bonchev–Trinajstić information content (AvgIpc) is 2.49. The molecule has 0 amide bonds. The van der Waals surface area contributed by atoms with Gasteiger partial charge >= 0.3 is 5.97 Å². The highest BCUT2D eigenvalue weighted by molar-refractivity contribution is 5.90. The first kappa shape index (κ1) is 12.6. The van der Waals surface area contributed by atoms with Crippen LogP contribution < -0.4 is 0 Å². The molecule has 0 aromatic carbocycles. The van der Waals surface area contributed by atoms with Crippen LogP contribution in [-0.4, -0.2) is 17.9 Å². The monoisotopic (exact) mass is 238 g/mol. The summed E-state index contributed by atoms with van der Waals surface area (Å²) in [7, 11) is 0. The molecule has 3 nitrogen and oxygen atoms in total. The molecule has 2 rings (SSSR count). The summed E-state index contributed by atoms with van der Waals surface area (Å²) in [5.74, 6) is 0.314. The van der Waals surface area contributed by atoms with Gasteiger partial charge in [0.1, 0.15) is 11.9 Å². The van der Waals surface area contributed by atoms with E-state index in [4.69, 9.17) is 4.74 Å². The maximum Gasteiger partial charge on any atom is 0.308 e. The van der Waals surface area contributed by atoms with Gasteiger partial charge in [-0.15, -0.1) is 0 Å². The molecule has 0 N–H and O–H groups in total. The molecule has 0 radical (unpaired) electrons. The number of rotatable bonds is 2. The molecule has 0 aromatic rings. The molecule has 2 fully saturated rings. The summed E-state index contributed by atoms with van der Waals surface area (Å²) >= 11 is 0. The van der Waals surface area contributed by atoms with E-state index in [0.29, 0.717) is 12.3 Å². The highest BCUT2D eigenvalue weighted by atomic mass is 16.5. The van der Waals surface area contributed by atoms with Gasteiger partial charge in [-0.3, -0.25) is 9.59 Å². The number of fused-ring (bicyclic) bond motifs is 2. The number of carbonyl (C=O) groups excluding carboxylic acids is 2. The predicted molar refractivity (Wildman–Crippen MR) is 64.3 cm³/mol. The van der Waals surface area contributed by atoms with E-state index in [-0.39, 0.29) is 29.2 Å². The summed E-state index contributed by atoms with van der Waals surface area (Å²) in [4.78, 5) is 23.8. The molecule has 17 heavy (non-hydrogen) atoms. The molecule has 0 unspecified atom stereocenters. The smallest absolute Gasteiger partial charge is 0.308 e. The van der Waals surface area contributed by atoms with Crippen molar-refractivity contribution in [2.75, 3.05) is 0 Å². The molecular formula is C14H22O3. The number of ether oxygens (including phenoxy) is 1. The van der Waals surface area contributed by atoms with Crippen LogP contribution in [0.4, 0.5) is 0 Å². The number of hydrogen-bond acceptors (Lipinski definition) is 3. The van der Waals surface area contributed by atoms with E-state index in [1.807, 2.05) is 20.8 Å². The van der Waals surface area contributed by atoms with E-state index >= 15 is 0 Å². The van der Waals surface area contributed by atoms with Crippen molar-refractivity contribution in [1.82, 2.24) is 0 Å². The van der Waals surface area contributed by atoms with Crippen molar-refractivity contribution < 1.29 is 14.3 Å². The Morgan fingerprint density at radius 1 is 1.35 bits per heavy atom. The molecule has 2 saturated carbocycles. The van der Waals surface area contributed by atoms with E-state index < -0.39 is 5.41 Å². The Hall–Kier alpha value is -0.860. The molecule has 2 bridgehead atoms. The normalized spacial score (nSPS) is 38.8. The third-order valence-electron chi connectivity index (χ3n) is 5.24. The lowest BCUT2D eigenvalue weighted by Crippen LogP contribution is -2.44. The van der Waals surface area contributed by atoms with Gasteiger partial charge in [0.05, 0.1) is 11.3 Å². The molecule has 3 atom stereocenters. The minimum Gasteiger partial charge on any atom is -0.461 e. The van der Waals surface area contributed by atoms with Crippen molar-refractivity contribution in [3.8, 4) is 0 Å². The van der Waals surface area contributed by atoms with Crippen molar-refractivity contribution in [3.63, 3.8) is 0 Å². The average molecular weight is 238 g/mol. The Labute approximate surface area is 103 Å². The van der Waals surface area contributed by atoms with Crippen LogP contribution in [0.15, 0.2) is 0 Å². The number of esters is 1. The van der Waals surface area contributed by atoms with Gasteiger partial charge in [-0.05, 0) is 24.7 Å². The summed E-state index contributed by atoms with van der Waals surface area (Å²) in [5.41, 5.74) is -0.534. The highest BCUT2D eigenvalue weighted by Gasteiger charge is 2.67. The zero-order valence-electron chi connectivity index (χ0n) is 11.4. The zero-order valence-corrected chi connectivity index (χ0v) is 11.4. The summed E-state index contributed by atoms with van der Waals surface area (Å²) < 4.78 is 5.56. The van der Waals surface area contributed by atoms with Crippen LogP contribution in [-0.2, 0) is 14.3 Å². The Morgan fingerprint density at radius 3 is 2.35 bits per heavy atom. The van der Waals surface area contributed by atoms with Gasteiger partial charge in [0.15, 0.2) is 0 Å². The first-order valence-electron chi connectivity index (χ1n) is 6.45. The first-order chi connectivity index (χ1) is 7.71. The SMILES string of the molecule is CC(C)C(=O)O[C@H]1C[C@@H]2CC(=O)[C@@]1(C)C2(C)C. The van der Waals surface area contributed by atoms with Gasteiger partial charge in [0.25, 0.3) is 0 Å². The molecule has 0 aliphatic heterocycles. The Bertz CT molecular complexity index is 370. The van der Waals surface area contributed by atoms with Crippen molar-refractivity contribution in [2.24, 2.45) is 22.7 Å². The van der Waals surface area contributed by atoms with Crippen LogP contribution in [0.1, 0.15) is 47.5 Å². The van der Waals surface area contributed by atoms with Gasteiger partial charge in [-0.25, -0.2) is 0 Å². The van der Waals surface area contributed by atoms with Gasteiger partial charge in [-0.2, -0.15) is 0 Å². The molecule has 3 heteroatoms. The van der Waals surface area contributed by atoms with Crippen LogP contribution >= 0.6 is 0 Å². The van der Waals surface area contributed by atoms with Gasteiger partial charge < -0.3 is 4.74 Å². The molecule has 0 saturated heterocycles. The second-order valence-electron chi connectivity index (χ2n) is 6.56. The minimum absolute atomic E-state index is 0.0496. The third-order valence-corrected chi connectivity index (χ3v) is 5.24. The van der Waals surface area contributed by atoms with Crippen molar-refractivity contribution in [2.45, 2.75) is 53.6 Å². The van der Waals surface area contributed by atoms with Crippen LogP contribution in [0, 0.1) is 22.7 Å². The summed E-state index contributed by atoms with van der Waals surface area (Å²) in [6.07, 6.45) is 1.27. The van der Waals surface area contributed by atoms with Crippen LogP contribution in [0.2, 0.25) is 0 Å². The largest absolute Gasteiger partial charge is 0.461 e. The van der Waals surface area contributed by atoms with E-state index in [2.05, 4.69) is 13.8 Å². The van der Waals surface area contributed by atoms with E-state index in [9.17, 15) is 9.59 Å². The van der Waals surface area contributed by atoms with Crippen LogP contribution in [0.3, 0.4) is 0 Å². The minimum atomic E-state index is -0.484. The van der Waals surface area contributed by atoms with Gasteiger partial charge in [-0.1, -0.05) is 27.7 Å². The molecular weight excluding hydrogens is 216 g/mol. The fraction of sp³-hybridized carbons (Fsp3) is 0.857. The van der Waals surface area contributed by atoms with Gasteiger partial charge in [0, 0.05) is 6.42 Å². The second kappa shape index (κ2) is 3.56. The fourth-order valence-electron chi connectivity index (χ4n) is 3.38. The quantitative estimate of drug-likeness (QED) is 0.694. The zero-order chi connectivity index (χ0) is 13.0. The Kier molecular flexibility index (Phi) is 2.64. The molecule has 2 aliphatic carbocycles. The summed E-state index contributed by atoms with van der Waals surface area (Å²) in [6.45, 7) is 9.88. The van der Waals surface area contributed by atoms with Crippen molar-refractivity contribution >= 4 is 11.8 Å². The lowest BCUT2D eigenvalue weighted by Gasteiger charge is -2.36. The summed E-state index contributed by atoms with van der Waals surface area (Å²) in [6, 6.07) is 0. The topological polar surface area (TPSA) is 43.4 Å². The van der Waals surface area contributed by atoms with Crippen molar-refractivity contribution in [3.05, 3.63) is 0 Å². The van der Waals surface area contributed by atoms with Crippen molar-refractivity contribution in [1.29, 1.82) is 0 Å². The number of ketones is 1. The maximum absolute atomic E-state index is 12.1. The number of Topliss-reactive ketones (excluding diaryl/α,β-unsaturated/α-hetero) is 1. The summed E-state index contributed by atoms with van der Waals surface area (Å²) in [5, 5.41) is 0. The van der Waals surface area contributed by atoms with E-state index in [1.54, 1.807) is 0 Å². The highest BCUT2D eigenvalue weighted by Crippen LogP contribution is 2.64. The first-order valence-corrected chi connectivity index (χ1v) is 6.45. The van der Waals surface area contributed by atoms with E-state index in [0.717, 1.165) is 6.42 Å². The molecule has 96 valence electrons. The number of hydrogen-bond donors (Lipinski definition) is 0. The lowest BCUT2D eigenvalue weighted by atomic mass is 9.69. The molecule has 0 spiro atoms. The predicted octanol–water partition coefficient (Wildman–Crippen LogP) is 2.58. The Balaban J connectivity index is 2.23. The Morgan fingerprint density at radius 2 is 1.94 bits per heavy atom. The standard InChI is InChI=1S/C14H22O3/c1-8(2)12(16)17-11-7-9-6-10(15)14(11,5)13(9,3)4/h8-9,11H,6-7H2,1-5H3/t9-,11-,14+/m0/s1. The number of carbonyl (C=O) groups is 2. The van der Waals surface area contributed by atoms with Gasteiger partial charge in [0.2, 0.25) is 0 Å². The maximum atomic E-state index is 12.1. The fourth-order valence-corrected chi connectivity index (χ4v) is 3.38. The lowest BCUT2D eigenvalue weighted by molar-refractivity contribution is -0.163.